The van der Waals surface area contributed by atoms with Crippen LogP contribution in [-0.4, -0.2) is 70.4 Å². The topological polar surface area (TPSA) is 83.0 Å². The standard InChI is InChI=1S/C15H32N4O3S/c1-3-5-12-22-13-6-8-17-15(16-4-2)18-9-11-19-10-7-14-23(19,20)21/h3-14H2,1-2H3,(H2,16,17,18). The number of nitrogens with zero attached hydrogens (tertiary/aromatic N) is 2. The smallest absolute Gasteiger partial charge is 0.214 e. The summed E-state index contributed by atoms with van der Waals surface area (Å²) < 4.78 is 30.5. The second-order valence-corrected chi connectivity index (χ2v) is 7.66. The van der Waals surface area contributed by atoms with Gasteiger partial charge in [-0.05, 0) is 26.2 Å². The van der Waals surface area contributed by atoms with Gasteiger partial charge in [-0.1, -0.05) is 13.3 Å². The van der Waals surface area contributed by atoms with Crippen LogP contribution in [-0.2, 0) is 14.8 Å². The number of nitrogens with one attached hydrogen (secondary N) is 2. The molecule has 0 saturated carbocycles. The summed E-state index contributed by atoms with van der Waals surface area (Å²) in [5.41, 5.74) is 0. The number of unbranched alkanes of at least 4 members (excludes halogenated alkanes) is 1. The number of guanidine groups is 1. The molecule has 0 radical (unpaired) electrons. The molecule has 1 aliphatic rings. The maximum Gasteiger partial charge on any atom is 0.214 e. The van der Waals surface area contributed by atoms with Crippen molar-refractivity contribution < 1.29 is 13.2 Å². The van der Waals surface area contributed by atoms with E-state index in [1.54, 1.807) is 4.31 Å². The molecule has 0 aromatic heterocycles. The van der Waals surface area contributed by atoms with E-state index in [1.807, 2.05) is 6.92 Å². The normalized spacial score (nSPS) is 18.3. The lowest BCUT2D eigenvalue weighted by molar-refractivity contribution is 0.130. The van der Waals surface area contributed by atoms with Crippen molar-refractivity contribution in [3.63, 3.8) is 0 Å². The zero-order valence-corrected chi connectivity index (χ0v) is 15.3. The molecule has 2 N–H and O–H groups in total. The van der Waals surface area contributed by atoms with Crippen LogP contribution in [0.4, 0.5) is 0 Å². The molecule has 23 heavy (non-hydrogen) atoms. The third-order valence-electron chi connectivity index (χ3n) is 3.56. The molecule has 0 spiro atoms. The number of sulfonamides is 1. The first-order chi connectivity index (χ1) is 11.1. The lowest BCUT2D eigenvalue weighted by atomic mass is 10.4. The van der Waals surface area contributed by atoms with Crippen LogP contribution >= 0.6 is 0 Å². The lowest BCUT2D eigenvalue weighted by Gasteiger charge is -2.16. The van der Waals surface area contributed by atoms with Crippen LogP contribution in [0.15, 0.2) is 4.99 Å². The van der Waals surface area contributed by atoms with E-state index < -0.39 is 10.0 Å². The zero-order valence-electron chi connectivity index (χ0n) is 14.5. The number of aliphatic imine (C=N–C) groups is 1. The van der Waals surface area contributed by atoms with Gasteiger partial charge in [0, 0.05) is 45.9 Å². The van der Waals surface area contributed by atoms with Crippen molar-refractivity contribution in [1.82, 2.24) is 14.9 Å². The van der Waals surface area contributed by atoms with Crippen LogP contribution in [0.3, 0.4) is 0 Å². The second-order valence-electron chi connectivity index (χ2n) is 5.58. The van der Waals surface area contributed by atoms with Crippen LogP contribution in [0.2, 0.25) is 0 Å². The zero-order chi connectivity index (χ0) is 17.0. The molecule has 0 atom stereocenters. The minimum Gasteiger partial charge on any atom is -0.381 e. The molecule has 0 amide bonds. The Morgan fingerprint density at radius 1 is 1.22 bits per heavy atom. The van der Waals surface area contributed by atoms with Crippen LogP contribution in [0.25, 0.3) is 0 Å². The average Bonchev–Trinajstić information content (AvgIpc) is 2.85. The Bertz CT molecular complexity index is 440. The summed E-state index contributed by atoms with van der Waals surface area (Å²) in [5, 5.41) is 6.36. The van der Waals surface area contributed by atoms with Crippen LogP contribution < -0.4 is 10.6 Å². The maximum absolute atomic E-state index is 11.7. The molecule has 1 aliphatic heterocycles. The summed E-state index contributed by atoms with van der Waals surface area (Å²) in [5.74, 6) is 1.01. The fourth-order valence-electron chi connectivity index (χ4n) is 2.29. The van der Waals surface area contributed by atoms with Gasteiger partial charge >= 0.3 is 0 Å². The molecule has 0 aromatic carbocycles. The monoisotopic (exact) mass is 348 g/mol. The molecular formula is C15H32N4O3S. The van der Waals surface area contributed by atoms with Crippen molar-refractivity contribution in [2.45, 2.75) is 39.5 Å². The maximum atomic E-state index is 11.7. The van der Waals surface area contributed by atoms with Gasteiger partial charge in [-0.2, -0.15) is 0 Å². The number of ether oxygens (including phenoxy) is 1. The van der Waals surface area contributed by atoms with Crippen molar-refractivity contribution in [3.8, 4) is 0 Å². The van der Waals surface area contributed by atoms with Gasteiger partial charge in [0.25, 0.3) is 0 Å². The predicted octanol–water partition coefficient (Wildman–Crippen LogP) is 0.784. The summed E-state index contributed by atoms with van der Waals surface area (Å²) in [7, 11) is -3.01. The molecular weight excluding hydrogens is 316 g/mol. The third-order valence-corrected chi connectivity index (χ3v) is 5.52. The molecule has 1 fully saturated rings. The summed E-state index contributed by atoms with van der Waals surface area (Å²) in [6.07, 6.45) is 3.88. The van der Waals surface area contributed by atoms with Crippen molar-refractivity contribution in [1.29, 1.82) is 0 Å². The Morgan fingerprint density at radius 3 is 2.65 bits per heavy atom. The molecule has 0 aromatic rings. The van der Waals surface area contributed by atoms with E-state index in [-0.39, 0.29) is 5.75 Å². The SMILES string of the molecule is CCCCOCCCN=C(NCC)NCCN1CCCS1(=O)=O. The molecule has 0 aliphatic carbocycles. The lowest BCUT2D eigenvalue weighted by Crippen LogP contribution is -2.42. The van der Waals surface area contributed by atoms with Gasteiger partial charge in [0.05, 0.1) is 5.75 Å². The Balaban J connectivity index is 2.21. The van der Waals surface area contributed by atoms with E-state index in [0.717, 1.165) is 51.4 Å². The predicted molar refractivity (Wildman–Crippen MR) is 94.3 cm³/mol. The van der Waals surface area contributed by atoms with Crippen LogP contribution in [0.5, 0.6) is 0 Å². The van der Waals surface area contributed by atoms with Gasteiger partial charge in [-0.25, -0.2) is 12.7 Å². The largest absolute Gasteiger partial charge is 0.381 e. The fraction of sp³-hybridized carbons (Fsp3) is 0.933. The molecule has 1 heterocycles. The number of rotatable bonds is 11. The average molecular weight is 349 g/mol. The van der Waals surface area contributed by atoms with E-state index in [9.17, 15) is 8.42 Å². The van der Waals surface area contributed by atoms with Gasteiger partial charge in [-0.3, -0.25) is 4.99 Å². The Kier molecular flexibility index (Phi) is 10.2. The first kappa shape index (κ1) is 20.2. The highest BCUT2D eigenvalue weighted by molar-refractivity contribution is 7.89. The highest BCUT2D eigenvalue weighted by Crippen LogP contribution is 2.11. The van der Waals surface area contributed by atoms with Gasteiger partial charge in [0.15, 0.2) is 5.96 Å². The summed E-state index contributed by atoms with van der Waals surface area (Å²) >= 11 is 0. The van der Waals surface area contributed by atoms with Crippen molar-refractivity contribution >= 4 is 16.0 Å². The Labute approximate surface area is 140 Å². The molecule has 1 rings (SSSR count). The summed E-state index contributed by atoms with van der Waals surface area (Å²) in [6, 6.07) is 0. The first-order valence-electron chi connectivity index (χ1n) is 8.68. The third kappa shape index (κ3) is 8.53. The quantitative estimate of drug-likeness (QED) is 0.328. The fourth-order valence-corrected chi connectivity index (χ4v) is 3.82. The van der Waals surface area contributed by atoms with Crippen LogP contribution in [0.1, 0.15) is 39.5 Å². The van der Waals surface area contributed by atoms with Crippen LogP contribution in [0, 0.1) is 0 Å². The first-order valence-corrected chi connectivity index (χ1v) is 10.3. The van der Waals surface area contributed by atoms with Crippen molar-refractivity contribution in [2.24, 2.45) is 4.99 Å². The van der Waals surface area contributed by atoms with E-state index in [0.29, 0.717) is 26.2 Å². The molecule has 0 unspecified atom stereocenters. The minimum atomic E-state index is -3.01. The molecule has 136 valence electrons. The van der Waals surface area contributed by atoms with Gasteiger partial charge in [0.1, 0.15) is 0 Å². The van der Waals surface area contributed by atoms with Crippen molar-refractivity contribution in [2.75, 3.05) is 51.7 Å². The molecule has 8 heteroatoms. The Hall–Kier alpha value is -0.860. The molecule has 1 saturated heterocycles. The highest BCUT2D eigenvalue weighted by Gasteiger charge is 2.27. The van der Waals surface area contributed by atoms with E-state index in [4.69, 9.17) is 4.74 Å². The summed E-state index contributed by atoms with van der Waals surface area (Å²) in [6.45, 7) is 8.88. The molecule has 0 bridgehead atoms. The van der Waals surface area contributed by atoms with Gasteiger partial charge < -0.3 is 15.4 Å². The van der Waals surface area contributed by atoms with E-state index in [2.05, 4.69) is 22.5 Å². The van der Waals surface area contributed by atoms with Crippen molar-refractivity contribution in [3.05, 3.63) is 0 Å². The van der Waals surface area contributed by atoms with Gasteiger partial charge in [0.2, 0.25) is 10.0 Å². The number of hydrogen-bond acceptors (Lipinski definition) is 4. The highest BCUT2D eigenvalue weighted by atomic mass is 32.2. The summed E-state index contributed by atoms with van der Waals surface area (Å²) in [4.78, 5) is 4.48. The van der Waals surface area contributed by atoms with Gasteiger partial charge in [-0.15, -0.1) is 0 Å². The Morgan fingerprint density at radius 2 is 2.00 bits per heavy atom. The van der Waals surface area contributed by atoms with E-state index in [1.165, 1.54) is 0 Å². The second kappa shape index (κ2) is 11.6. The van der Waals surface area contributed by atoms with E-state index >= 15 is 0 Å². The minimum absolute atomic E-state index is 0.277. The number of hydrogen-bond donors (Lipinski definition) is 2. The molecule has 7 nitrogen and oxygen atoms in total.